The number of carbonyl (C=O) groups excluding carboxylic acids is 1. The van der Waals surface area contributed by atoms with Crippen LogP contribution in [0.1, 0.15) is 30.8 Å². The van der Waals surface area contributed by atoms with Crippen LogP contribution in [-0.4, -0.2) is 51.8 Å². The number of ether oxygens (including phenoxy) is 2. The van der Waals surface area contributed by atoms with Crippen LogP contribution in [0.15, 0.2) is 48.9 Å². The largest absolute Gasteiger partial charge is 0.496 e. The minimum absolute atomic E-state index is 0.0692. The Kier molecular flexibility index (Phi) is 7.09. The number of benzene rings is 1. The number of imidazole rings is 1. The normalized spacial score (nSPS) is 11.8. The summed E-state index contributed by atoms with van der Waals surface area (Å²) in [7, 11) is 3.07. The highest BCUT2D eigenvalue weighted by atomic mass is 16.5. The number of aromatic nitrogens is 3. The molecule has 2 aromatic heterocycles. The lowest BCUT2D eigenvalue weighted by molar-refractivity contribution is -0.139. The van der Waals surface area contributed by atoms with Crippen molar-refractivity contribution in [3.05, 3.63) is 54.6 Å². The summed E-state index contributed by atoms with van der Waals surface area (Å²) < 4.78 is 12.8. The molecule has 0 bridgehead atoms. The summed E-state index contributed by atoms with van der Waals surface area (Å²) >= 11 is 0. The van der Waals surface area contributed by atoms with Crippen LogP contribution >= 0.6 is 0 Å². The van der Waals surface area contributed by atoms with Gasteiger partial charge in [-0.05, 0) is 36.6 Å². The molecule has 9 heteroatoms. The third-order valence-corrected chi connectivity index (χ3v) is 4.84. The second-order valence-electron chi connectivity index (χ2n) is 7.56. The van der Waals surface area contributed by atoms with Gasteiger partial charge in [0.2, 0.25) is 0 Å². The van der Waals surface area contributed by atoms with Gasteiger partial charge in [0.1, 0.15) is 28.8 Å². The van der Waals surface area contributed by atoms with Crippen molar-refractivity contribution < 1.29 is 24.2 Å². The van der Waals surface area contributed by atoms with Gasteiger partial charge in [-0.1, -0.05) is 19.9 Å². The number of hydrogen-bond donors (Lipinski definition) is 2. The van der Waals surface area contributed by atoms with Gasteiger partial charge in [0.25, 0.3) is 5.91 Å². The van der Waals surface area contributed by atoms with Crippen molar-refractivity contribution in [2.75, 3.05) is 14.2 Å². The zero-order chi connectivity index (χ0) is 23.3. The molecule has 2 heterocycles. The van der Waals surface area contributed by atoms with Gasteiger partial charge in [-0.25, -0.2) is 9.78 Å². The van der Waals surface area contributed by atoms with Crippen molar-refractivity contribution in [1.82, 2.24) is 19.9 Å². The SMILES string of the molecule is COc1cccc(OC)c1-c1nc(C(=O)N[C@@H](CC(C)C)C(=O)O)cn1-c1ccncc1. The van der Waals surface area contributed by atoms with E-state index >= 15 is 0 Å². The predicted octanol–water partition coefficient (Wildman–Crippen LogP) is 3.18. The molecular weight excluding hydrogens is 412 g/mol. The lowest BCUT2D eigenvalue weighted by atomic mass is 10.0. The maximum atomic E-state index is 13.0. The first-order chi connectivity index (χ1) is 15.3. The first-order valence-electron chi connectivity index (χ1n) is 10.1. The molecule has 0 fully saturated rings. The molecule has 0 saturated carbocycles. The van der Waals surface area contributed by atoms with Gasteiger partial charge >= 0.3 is 5.97 Å². The summed E-state index contributed by atoms with van der Waals surface area (Å²) in [6, 6.07) is 7.86. The van der Waals surface area contributed by atoms with Crippen molar-refractivity contribution in [3.8, 4) is 28.6 Å². The zero-order valence-corrected chi connectivity index (χ0v) is 18.4. The van der Waals surface area contributed by atoms with E-state index in [1.165, 1.54) is 14.2 Å². The van der Waals surface area contributed by atoms with E-state index in [9.17, 15) is 14.7 Å². The Morgan fingerprint density at radius 3 is 2.25 bits per heavy atom. The van der Waals surface area contributed by atoms with Crippen LogP contribution in [0.4, 0.5) is 0 Å². The van der Waals surface area contributed by atoms with Crippen molar-refractivity contribution in [2.24, 2.45) is 5.92 Å². The van der Waals surface area contributed by atoms with Gasteiger partial charge in [-0.2, -0.15) is 0 Å². The molecule has 0 aliphatic heterocycles. The van der Waals surface area contributed by atoms with E-state index in [-0.39, 0.29) is 11.6 Å². The molecule has 0 aliphatic rings. The van der Waals surface area contributed by atoms with Gasteiger partial charge in [-0.15, -0.1) is 0 Å². The molecule has 0 aliphatic carbocycles. The number of rotatable bonds is 9. The van der Waals surface area contributed by atoms with E-state index in [4.69, 9.17) is 9.47 Å². The number of pyridine rings is 1. The molecular formula is C23H26N4O5. The maximum absolute atomic E-state index is 13.0. The molecule has 0 unspecified atom stereocenters. The Labute approximate surface area is 186 Å². The van der Waals surface area contributed by atoms with Crippen LogP contribution in [0.25, 0.3) is 17.1 Å². The summed E-state index contributed by atoms with van der Waals surface area (Å²) in [6.07, 6.45) is 5.11. The smallest absolute Gasteiger partial charge is 0.326 e. The maximum Gasteiger partial charge on any atom is 0.326 e. The van der Waals surface area contributed by atoms with Crippen molar-refractivity contribution >= 4 is 11.9 Å². The van der Waals surface area contributed by atoms with Crippen LogP contribution in [0, 0.1) is 5.92 Å². The standard InChI is InChI=1S/C23H26N4O5/c1-14(2)12-16(23(29)30)26-22(28)17-13-27(15-8-10-24-11-9-15)21(25-17)20-18(31-3)6-5-7-19(20)32-4/h5-11,13-14,16H,12H2,1-4H3,(H,26,28)(H,29,30)/t16-/m0/s1. The summed E-state index contributed by atoms with van der Waals surface area (Å²) in [5, 5.41) is 12.1. The topological polar surface area (TPSA) is 116 Å². The molecule has 32 heavy (non-hydrogen) atoms. The Morgan fingerprint density at radius 1 is 1.09 bits per heavy atom. The number of nitrogens with one attached hydrogen (secondary N) is 1. The quantitative estimate of drug-likeness (QED) is 0.527. The molecule has 1 amide bonds. The molecule has 0 radical (unpaired) electrons. The van der Waals surface area contributed by atoms with E-state index in [1.54, 1.807) is 53.5 Å². The summed E-state index contributed by atoms with van der Waals surface area (Å²) in [6.45, 7) is 3.79. The molecule has 9 nitrogen and oxygen atoms in total. The van der Waals surface area contributed by atoms with Crippen LogP contribution in [0.5, 0.6) is 11.5 Å². The number of carboxylic acids is 1. The van der Waals surface area contributed by atoms with Crippen LogP contribution in [0.3, 0.4) is 0 Å². The van der Waals surface area contributed by atoms with Crippen LogP contribution in [0.2, 0.25) is 0 Å². The highest BCUT2D eigenvalue weighted by Gasteiger charge is 2.26. The first-order valence-corrected chi connectivity index (χ1v) is 10.1. The molecule has 0 spiro atoms. The van der Waals surface area contributed by atoms with Crippen molar-refractivity contribution in [1.29, 1.82) is 0 Å². The Bertz CT molecular complexity index is 1070. The molecule has 168 valence electrons. The molecule has 0 saturated heterocycles. The highest BCUT2D eigenvalue weighted by Crippen LogP contribution is 2.38. The van der Waals surface area contributed by atoms with Gasteiger partial charge in [0, 0.05) is 18.6 Å². The van der Waals surface area contributed by atoms with Gasteiger partial charge in [0.15, 0.2) is 5.82 Å². The average Bonchev–Trinajstić information content (AvgIpc) is 3.23. The molecule has 2 N–H and O–H groups in total. The van der Waals surface area contributed by atoms with E-state index < -0.39 is 17.9 Å². The van der Waals surface area contributed by atoms with Gasteiger partial charge in [-0.3, -0.25) is 14.3 Å². The monoisotopic (exact) mass is 438 g/mol. The molecule has 1 atom stereocenters. The fourth-order valence-corrected chi connectivity index (χ4v) is 3.36. The Hall–Kier alpha value is -3.88. The number of carbonyl (C=O) groups is 2. The van der Waals surface area contributed by atoms with E-state index in [2.05, 4.69) is 15.3 Å². The third kappa shape index (κ3) is 4.88. The first kappa shape index (κ1) is 22.8. The molecule has 1 aromatic carbocycles. The minimum atomic E-state index is -1.09. The Balaban J connectivity index is 2.12. The second-order valence-corrected chi connectivity index (χ2v) is 7.56. The fourth-order valence-electron chi connectivity index (χ4n) is 3.36. The van der Waals surface area contributed by atoms with Gasteiger partial charge < -0.3 is 19.9 Å². The lowest BCUT2D eigenvalue weighted by Gasteiger charge is -2.15. The number of nitrogens with zero attached hydrogens (tertiary/aromatic N) is 3. The summed E-state index contributed by atoms with van der Waals surface area (Å²) in [5.74, 6) is -0.139. The van der Waals surface area contributed by atoms with E-state index in [0.717, 1.165) is 0 Å². The number of hydrogen-bond acceptors (Lipinski definition) is 6. The number of methoxy groups -OCH3 is 2. The molecule has 3 aromatic rings. The second kappa shape index (κ2) is 9.95. The van der Waals surface area contributed by atoms with Crippen molar-refractivity contribution in [2.45, 2.75) is 26.3 Å². The van der Waals surface area contributed by atoms with Gasteiger partial charge in [0.05, 0.1) is 19.9 Å². The average molecular weight is 438 g/mol. The van der Waals surface area contributed by atoms with E-state index in [0.29, 0.717) is 35.0 Å². The predicted molar refractivity (Wildman–Crippen MR) is 118 cm³/mol. The summed E-state index contributed by atoms with van der Waals surface area (Å²) in [5.41, 5.74) is 1.34. The fraction of sp³-hybridized carbons (Fsp3) is 0.304. The van der Waals surface area contributed by atoms with Crippen molar-refractivity contribution in [3.63, 3.8) is 0 Å². The lowest BCUT2D eigenvalue weighted by Crippen LogP contribution is -2.41. The Morgan fingerprint density at radius 2 is 1.72 bits per heavy atom. The highest BCUT2D eigenvalue weighted by molar-refractivity contribution is 5.95. The summed E-state index contributed by atoms with van der Waals surface area (Å²) in [4.78, 5) is 33.1. The van der Waals surface area contributed by atoms with Crippen LogP contribution < -0.4 is 14.8 Å². The van der Waals surface area contributed by atoms with Crippen LogP contribution in [-0.2, 0) is 4.79 Å². The zero-order valence-electron chi connectivity index (χ0n) is 18.4. The number of carboxylic acid groups (broad SMARTS) is 1. The third-order valence-electron chi connectivity index (χ3n) is 4.84. The molecule has 3 rings (SSSR count). The number of amides is 1. The van der Waals surface area contributed by atoms with E-state index in [1.807, 2.05) is 13.8 Å². The minimum Gasteiger partial charge on any atom is -0.496 e. The number of aliphatic carboxylic acids is 1.